The summed E-state index contributed by atoms with van der Waals surface area (Å²) in [5.74, 6) is 0. The molecule has 2 aliphatic heterocycles. The SMILES string of the molecule is CC1=CC2N=C(C)CCC2N1. The Kier molecular flexibility index (Phi) is 1.48. The highest BCUT2D eigenvalue weighted by molar-refractivity contribution is 5.83. The standard InChI is InChI=1S/C9H14N2/c1-6-3-4-8-9(10-6)5-7(2)11-8/h5,8-9,11H,3-4H2,1-2H3. The lowest BCUT2D eigenvalue weighted by Crippen LogP contribution is -2.34. The Morgan fingerprint density at radius 1 is 1.55 bits per heavy atom. The highest BCUT2D eigenvalue weighted by Crippen LogP contribution is 2.21. The maximum Gasteiger partial charge on any atom is 0.0899 e. The Hall–Kier alpha value is -0.790. The molecule has 1 N–H and O–H groups in total. The number of rotatable bonds is 0. The third kappa shape index (κ3) is 1.17. The Bertz CT molecular complexity index is 228. The topological polar surface area (TPSA) is 24.4 Å². The molecule has 0 bridgehead atoms. The zero-order valence-electron chi connectivity index (χ0n) is 7.09. The van der Waals surface area contributed by atoms with Crippen molar-refractivity contribution in [1.82, 2.24) is 5.32 Å². The maximum atomic E-state index is 4.57. The number of nitrogens with zero attached hydrogens (tertiary/aromatic N) is 1. The molecule has 2 unspecified atom stereocenters. The first kappa shape index (κ1) is 6.89. The van der Waals surface area contributed by atoms with Gasteiger partial charge in [-0.25, -0.2) is 0 Å². The molecule has 0 radical (unpaired) electrons. The van der Waals surface area contributed by atoms with E-state index in [-0.39, 0.29) is 0 Å². The summed E-state index contributed by atoms with van der Waals surface area (Å²) in [5.41, 5.74) is 2.59. The van der Waals surface area contributed by atoms with Crippen LogP contribution in [0.25, 0.3) is 0 Å². The molecule has 2 aliphatic rings. The van der Waals surface area contributed by atoms with Gasteiger partial charge >= 0.3 is 0 Å². The number of fused-ring (bicyclic) bond motifs is 1. The van der Waals surface area contributed by atoms with Crippen LogP contribution in [-0.4, -0.2) is 17.8 Å². The molecule has 0 aromatic heterocycles. The molecule has 0 aliphatic carbocycles. The first-order valence-electron chi connectivity index (χ1n) is 4.24. The lowest BCUT2D eigenvalue weighted by atomic mass is 10.00. The summed E-state index contributed by atoms with van der Waals surface area (Å²) in [6.07, 6.45) is 4.64. The lowest BCUT2D eigenvalue weighted by Gasteiger charge is -2.22. The normalized spacial score (nSPS) is 35.5. The van der Waals surface area contributed by atoms with Gasteiger partial charge in [-0.2, -0.15) is 0 Å². The Balaban J connectivity index is 2.20. The summed E-state index contributed by atoms with van der Waals surface area (Å²) in [6, 6.07) is 1.03. The van der Waals surface area contributed by atoms with Crippen molar-refractivity contribution < 1.29 is 0 Å². The van der Waals surface area contributed by atoms with Gasteiger partial charge in [-0.15, -0.1) is 0 Å². The van der Waals surface area contributed by atoms with Crippen molar-refractivity contribution in [2.24, 2.45) is 4.99 Å². The van der Waals surface area contributed by atoms with Gasteiger partial charge in [0, 0.05) is 11.4 Å². The average molecular weight is 150 g/mol. The third-order valence-corrected chi connectivity index (χ3v) is 2.43. The van der Waals surface area contributed by atoms with Crippen LogP contribution in [0.3, 0.4) is 0 Å². The summed E-state index contributed by atoms with van der Waals surface area (Å²) in [6.45, 7) is 4.24. The minimum Gasteiger partial charge on any atom is -0.384 e. The number of allylic oxidation sites excluding steroid dienone is 1. The molecule has 0 aromatic rings. The lowest BCUT2D eigenvalue weighted by molar-refractivity contribution is 0.508. The van der Waals surface area contributed by atoms with Gasteiger partial charge in [0.15, 0.2) is 0 Å². The van der Waals surface area contributed by atoms with Crippen LogP contribution in [0.2, 0.25) is 0 Å². The van der Waals surface area contributed by atoms with Crippen LogP contribution in [-0.2, 0) is 0 Å². The van der Waals surface area contributed by atoms with Crippen LogP contribution in [0.1, 0.15) is 26.7 Å². The predicted octanol–water partition coefficient (Wildman–Crippen LogP) is 1.49. The second-order valence-electron chi connectivity index (χ2n) is 3.49. The minimum atomic E-state index is 0.434. The molecule has 60 valence electrons. The molecule has 0 amide bonds. The quantitative estimate of drug-likeness (QED) is 0.556. The largest absolute Gasteiger partial charge is 0.384 e. The molecule has 0 saturated carbocycles. The van der Waals surface area contributed by atoms with Crippen molar-refractivity contribution >= 4 is 5.71 Å². The van der Waals surface area contributed by atoms with E-state index in [1.165, 1.54) is 17.8 Å². The predicted molar refractivity (Wildman–Crippen MR) is 46.8 cm³/mol. The monoisotopic (exact) mass is 150 g/mol. The van der Waals surface area contributed by atoms with Crippen LogP contribution in [0.5, 0.6) is 0 Å². The summed E-state index contributed by atoms with van der Waals surface area (Å²) < 4.78 is 0. The van der Waals surface area contributed by atoms with Gasteiger partial charge < -0.3 is 5.32 Å². The molecule has 2 atom stereocenters. The van der Waals surface area contributed by atoms with E-state index in [0.29, 0.717) is 12.1 Å². The molecular weight excluding hydrogens is 136 g/mol. The van der Waals surface area contributed by atoms with Gasteiger partial charge in [-0.05, 0) is 32.8 Å². The molecule has 0 saturated heterocycles. The fourth-order valence-electron chi connectivity index (χ4n) is 1.85. The third-order valence-electron chi connectivity index (χ3n) is 2.43. The Morgan fingerprint density at radius 2 is 2.36 bits per heavy atom. The molecule has 0 aromatic carbocycles. The van der Waals surface area contributed by atoms with Gasteiger partial charge in [0.2, 0.25) is 0 Å². The van der Waals surface area contributed by atoms with Crippen molar-refractivity contribution in [3.63, 3.8) is 0 Å². The van der Waals surface area contributed by atoms with E-state index in [1.54, 1.807) is 0 Å². The fraction of sp³-hybridized carbons (Fsp3) is 0.667. The van der Waals surface area contributed by atoms with E-state index in [2.05, 4.69) is 30.2 Å². The molecule has 2 heterocycles. The molecule has 2 nitrogen and oxygen atoms in total. The van der Waals surface area contributed by atoms with Crippen LogP contribution in [0.15, 0.2) is 16.8 Å². The van der Waals surface area contributed by atoms with Crippen LogP contribution < -0.4 is 5.32 Å². The van der Waals surface area contributed by atoms with Gasteiger partial charge in [0.25, 0.3) is 0 Å². The first-order chi connectivity index (χ1) is 5.25. The van der Waals surface area contributed by atoms with E-state index in [9.17, 15) is 0 Å². The van der Waals surface area contributed by atoms with Crippen molar-refractivity contribution in [2.45, 2.75) is 38.8 Å². The van der Waals surface area contributed by atoms with Crippen molar-refractivity contribution in [2.75, 3.05) is 0 Å². The highest BCUT2D eigenvalue weighted by Gasteiger charge is 2.27. The van der Waals surface area contributed by atoms with Crippen molar-refractivity contribution in [3.05, 3.63) is 11.8 Å². The second kappa shape index (κ2) is 2.36. The Labute approximate surface area is 67.4 Å². The number of hydrogen-bond acceptors (Lipinski definition) is 2. The summed E-state index contributed by atoms with van der Waals surface area (Å²) in [5, 5.41) is 3.43. The zero-order chi connectivity index (χ0) is 7.84. The van der Waals surface area contributed by atoms with Crippen LogP contribution in [0.4, 0.5) is 0 Å². The maximum absolute atomic E-state index is 4.57. The van der Waals surface area contributed by atoms with Gasteiger partial charge in [0.1, 0.15) is 0 Å². The average Bonchev–Trinajstić information content (AvgIpc) is 2.27. The van der Waals surface area contributed by atoms with Crippen LogP contribution in [0, 0.1) is 0 Å². The first-order valence-corrected chi connectivity index (χ1v) is 4.24. The van der Waals surface area contributed by atoms with E-state index in [1.807, 2.05) is 0 Å². The summed E-state index contributed by atoms with van der Waals surface area (Å²) >= 11 is 0. The van der Waals surface area contributed by atoms with Crippen molar-refractivity contribution in [1.29, 1.82) is 0 Å². The van der Waals surface area contributed by atoms with E-state index < -0.39 is 0 Å². The van der Waals surface area contributed by atoms with E-state index in [0.717, 1.165) is 6.42 Å². The van der Waals surface area contributed by atoms with Crippen molar-refractivity contribution in [3.8, 4) is 0 Å². The smallest absolute Gasteiger partial charge is 0.0899 e. The molecular formula is C9H14N2. The number of hydrogen-bond donors (Lipinski definition) is 1. The fourth-order valence-corrected chi connectivity index (χ4v) is 1.85. The summed E-state index contributed by atoms with van der Waals surface area (Å²) in [4.78, 5) is 4.57. The molecule has 0 spiro atoms. The zero-order valence-corrected chi connectivity index (χ0v) is 7.09. The molecule has 2 rings (SSSR count). The van der Waals surface area contributed by atoms with Gasteiger partial charge in [0.05, 0.1) is 12.1 Å². The minimum absolute atomic E-state index is 0.434. The molecule has 0 fully saturated rings. The number of aliphatic imine (C=N–C) groups is 1. The number of nitrogens with one attached hydrogen (secondary N) is 1. The second-order valence-corrected chi connectivity index (χ2v) is 3.49. The van der Waals surface area contributed by atoms with Gasteiger partial charge in [-0.1, -0.05) is 0 Å². The van der Waals surface area contributed by atoms with Gasteiger partial charge in [-0.3, -0.25) is 4.99 Å². The summed E-state index contributed by atoms with van der Waals surface area (Å²) in [7, 11) is 0. The highest BCUT2D eigenvalue weighted by atomic mass is 15.0. The molecule has 2 heteroatoms. The molecule has 11 heavy (non-hydrogen) atoms. The Morgan fingerprint density at radius 3 is 3.18 bits per heavy atom. The van der Waals surface area contributed by atoms with Crippen LogP contribution >= 0.6 is 0 Å². The van der Waals surface area contributed by atoms with E-state index >= 15 is 0 Å². The van der Waals surface area contributed by atoms with E-state index in [4.69, 9.17) is 0 Å².